The van der Waals surface area contributed by atoms with Gasteiger partial charge >= 0.3 is 0 Å². The monoisotopic (exact) mass is 372 g/mol. The highest BCUT2D eigenvalue weighted by Gasteiger charge is 2.47. The Morgan fingerprint density at radius 1 is 1.43 bits per heavy atom. The predicted octanol–water partition coefficient (Wildman–Crippen LogP) is 4.58. The summed E-state index contributed by atoms with van der Waals surface area (Å²) in [7, 11) is 0. The summed E-state index contributed by atoms with van der Waals surface area (Å²) in [6.45, 7) is 6.57. The minimum Gasteiger partial charge on any atom is -0.371 e. The van der Waals surface area contributed by atoms with Crippen LogP contribution in [0.1, 0.15) is 40.0 Å². The summed E-state index contributed by atoms with van der Waals surface area (Å²) in [6, 6.07) is 5.57. The SMILES string of the molecule is CC1CC(C)(C)CC(Nc2ccc(Cl)c(Br)c2)(C(N)=O)C1. The van der Waals surface area contributed by atoms with Crippen molar-refractivity contribution >= 4 is 39.1 Å². The minimum absolute atomic E-state index is 0.0867. The van der Waals surface area contributed by atoms with Gasteiger partial charge in [-0.2, -0.15) is 0 Å². The van der Waals surface area contributed by atoms with Crippen molar-refractivity contribution < 1.29 is 4.79 Å². The second-order valence-electron chi connectivity index (χ2n) is 7.05. The molecule has 116 valence electrons. The van der Waals surface area contributed by atoms with Crippen molar-refractivity contribution in [2.75, 3.05) is 5.32 Å². The molecule has 0 spiro atoms. The summed E-state index contributed by atoms with van der Waals surface area (Å²) < 4.78 is 0.803. The molecule has 1 saturated carbocycles. The Morgan fingerprint density at radius 3 is 2.62 bits per heavy atom. The summed E-state index contributed by atoms with van der Waals surface area (Å²) in [5, 5.41) is 4.03. The molecule has 1 aliphatic carbocycles. The molecule has 3 nitrogen and oxygen atoms in total. The molecule has 21 heavy (non-hydrogen) atoms. The van der Waals surface area contributed by atoms with Crippen molar-refractivity contribution in [1.29, 1.82) is 0 Å². The Morgan fingerprint density at radius 2 is 2.10 bits per heavy atom. The van der Waals surface area contributed by atoms with Crippen LogP contribution in [0.4, 0.5) is 5.69 Å². The number of amides is 1. The number of primary amides is 1. The Bertz CT molecular complexity index is 561. The zero-order valence-corrected chi connectivity index (χ0v) is 15.0. The van der Waals surface area contributed by atoms with Crippen LogP contribution >= 0.6 is 27.5 Å². The molecule has 5 heteroatoms. The first kappa shape index (κ1) is 16.6. The summed E-state index contributed by atoms with van der Waals surface area (Å²) in [6.07, 6.45) is 2.60. The van der Waals surface area contributed by atoms with Gasteiger partial charge in [0.1, 0.15) is 5.54 Å². The third kappa shape index (κ3) is 3.72. The Hall–Kier alpha value is -0.740. The average Bonchev–Trinajstić information content (AvgIpc) is 2.31. The smallest absolute Gasteiger partial charge is 0.243 e. The molecule has 2 atom stereocenters. The molecule has 0 heterocycles. The third-order valence-corrected chi connectivity index (χ3v) is 5.37. The van der Waals surface area contributed by atoms with E-state index >= 15 is 0 Å². The molecular formula is C16H22BrClN2O. The molecule has 1 aliphatic rings. The first-order valence-electron chi connectivity index (χ1n) is 7.17. The van der Waals surface area contributed by atoms with Crippen LogP contribution in [0.3, 0.4) is 0 Å². The Balaban J connectivity index is 2.34. The van der Waals surface area contributed by atoms with E-state index in [4.69, 9.17) is 17.3 Å². The van der Waals surface area contributed by atoms with Crippen LogP contribution in [0.15, 0.2) is 22.7 Å². The zero-order chi connectivity index (χ0) is 15.8. The number of hydrogen-bond acceptors (Lipinski definition) is 2. The second-order valence-corrected chi connectivity index (χ2v) is 8.32. The van der Waals surface area contributed by atoms with Gasteiger partial charge < -0.3 is 11.1 Å². The molecule has 3 N–H and O–H groups in total. The Kier molecular flexibility index (Phi) is 4.60. The predicted molar refractivity (Wildman–Crippen MR) is 91.5 cm³/mol. The standard InChI is InChI=1S/C16H22BrClN2O/c1-10-7-15(2,3)9-16(8-10,14(19)21)20-11-4-5-13(18)12(17)6-11/h4-6,10,20H,7-9H2,1-3H3,(H2,19,21). The van der Waals surface area contributed by atoms with E-state index in [-0.39, 0.29) is 11.3 Å². The van der Waals surface area contributed by atoms with Gasteiger partial charge in [0.2, 0.25) is 5.91 Å². The summed E-state index contributed by atoms with van der Waals surface area (Å²) in [4.78, 5) is 12.2. The first-order valence-corrected chi connectivity index (χ1v) is 8.34. The normalized spacial score (nSPS) is 28.1. The number of benzene rings is 1. The van der Waals surface area contributed by atoms with E-state index in [1.165, 1.54) is 0 Å². The number of nitrogens with two attached hydrogens (primary N) is 1. The van der Waals surface area contributed by atoms with Gasteiger partial charge in [0.15, 0.2) is 0 Å². The van der Waals surface area contributed by atoms with Crippen molar-refractivity contribution in [2.45, 2.75) is 45.6 Å². The molecule has 0 saturated heterocycles. The molecule has 1 aromatic carbocycles. The van der Waals surface area contributed by atoms with E-state index in [1.54, 1.807) is 6.07 Å². The highest BCUT2D eigenvalue weighted by Crippen LogP contribution is 2.45. The van der Waals surface area contributed by atoms with Crippen molar-refractivity contribution in [3.63, 3.8) is 0 Å². The molecule has 2 rings (SSSR count). The second kappa shape index (κ2) is 5.81. The van der Waals surface area contributed by atoms with E-state index in [0.717, 1.165) is 29.4 Å². The van der Waals surface area contributed by atoms with Crippen molar-refractivity contribution in [1.82, 2.24) is 0 Å². The van der Waals surface area contributed by atoms with E-state index in [0.29, 0.717) is 10.9 Å². The lowest BCUT2D eigenvalue weighted by atomic mass is 9.64. The average molecular weight is 374 g/mol. The topological polar surface area (TPSA) is 55.1 Å². The molecule has 1 fully saturated rings. The molecule has 1 amide bonds. The number of rotatable bonds is 3. The summed E-state index contributed by atoms with van der Waals surface area (Å²) in [5.74, 6) is 0.165. The fraction of sp³-hybridized carbons (Fsp3) is 0.562. The van der Waals surface area contributed by atoms with Crippen molar-refractivity contribution in [2.24, 2.45) is 17.1 Å². The molecule has 0 bridgehead atoms. The van der Waals surface area contributed by atoms with Gasteiger partial charge in [-0.25, -0.2) is 0 Å². The van der Waals surface area contributed by atoms with Gasteiger partial charge in [-0.1, -0.05) is 32.4 Å². The highest BCUT2D eigenvalue weighted by atomic mass is 79.9. The number of carbonyl (C=O) groups excluding carboxylic acids is 1. The van der Waals surface area contributed by atoms with Crippen molar-refractivity contribution in [3.05, 3.63) is 27.7 Å². The largest absolute Gasteiger partial charge is 0.371 e. The van der Waals surface area contributed by atoms with E-state index < -0.39 is 5.54 Å². The van der Waals surface area contributed by atoms with Crippen LogP contribution in [0, 0.1) is 11.3 Å². The van der Waals surface area contributed by atoms with E-state index in [9.17, 15) is 4.79 Å². The fourth-order valence-electron chi connectivity index (χ4n) is 3.77. The molecule has 0 aromatic heterocycles. The van der Waals surface area contributed by atoms with Crippen LogP contribution in [0.25, 0.3) is 0 Å². The lowest BCUT2D eigenvalue weighted by Crippen LogP contribution is -2.56. The molecule has 2 unspecified atom stereocenters. The summed E-state index contributed by atoms with van der Waals surface area (Å²) >= 11 is 9.43. The van der Waals surface area contributed by atoms with Gasteiger partial charge in [0.05, 0.1) is 5.02 Å². The first-order chi connectivity index (χ1) is 9.63. The molecular weight excluding hydrogens is 352 g/mol. The molecule has 0 aliphatic heterocycles. The fourth-order valence-corrected chi connectivity index (χ4v) is 4.26. The van der Waals surface area contributed by atoms with Gasteiger partial charge in [-0.15, -0.1) is 0 Å². The lowest BCUT2D eigenvalue weighted by molar-refractivity contribution is -0.125. The highest BCUT2D eigenvalue weighted by molar-refractivity contribution is 9.10. The quantitative estimate of drug-likeness (QED) is 0.814. The van der Waals surface area contributed by atoms with Crippen LogP contribution < -0.4 is 11.1 Å². The number of nitrogens with one attached hydrogen (secondary N) is 1. The van der Waals surface area contributed by atoms with Crippen LogP contribution in [-0.4, -0.2) is 11.4 Å². The molecule has 0 radical (unpaired) electrons. The van der Waals surface area contributed by atoms with Gasteiger partial charge in [-0.3, -0.25) is 4.79 Å². The maximum atomic E-state index is 12.2. The lowest BCUT2D eigenvalue weighted by Gasteiger charge is -2.46. The number of halogens is 2. The van der Waals surface area contributed by atoms with Gasteiger partial charge in [0.25, 0.3) is 0 Å². The minimum atomic E-state index is -0.700. The Labute approximate surface area is 139 Å². The summed E-state index contributed by atoms with van der Waals surface area (Å²) in [5.41, 5.74) is 6.01. The van der Waals surface area contributed by atoms with E-state index in [1.807, 2.05) is 12.1 Å². The van der Waals surface area contributed by atoms with Gasteiger partial charge in [-0.05, 0) is 64.7 Å². The maximum Gasteiger partial charge on any atom is 0.243 e. The van der Waals surface area contributed by atoms with E-state index in [2.05, 4.69) is 42.0 Å². The van der Waals surface area contributed by atoms with Crippen LogP contribution in [0.5, 0.6) is 0 Å². The molecule has 1 aromatic rings. The van der Waals surface area contributed by atoms with Crippen molar-refractivity contribution in [3.8, 4) is 0 Å². The third-order valence-electron chi connectivity index (χ3n) is 4.15. The van der Waals surface area contributed by atoms with Crippen LogP contribution in [0.2, 0.25) is 5.02 Å². The zero-order valence-electron chi connectivity index (χ0n) is 12.7. The van der Waals surface area contributed by atoms with Gasteiger partial charge in [0, 0.05) is 10.2 Å². The number of carbonyl (C=O) groups is 1. The van der Waals surface area contributed by atoms with Crippen LogP contribution in [-0.2, 0) is 4.79 Å². The number of hydrogen-bond donors (Lipinski definition) is 2. The maximum absolute atomic E-state index is 12.2. The number of anilines is 1.